The number of hydrogen-bond acceptors (Lipinski definition) is 5. The molecule has 0 amide bonds. The molecule has 0 unspecified atom stereocenters. The minimum atomic E-state index is 0.470. The molecule has 0 aromatic carbocycles. The van der Waals surface area contributed by atoms with Gasteiger partial charge in [0.15, 0.2) is 5.82 Å². The molecule has 1 fully saturated rings. The average molecular weight is 211 g/mol. The third kappa shape index (κ3) is 3.00. The quantitative estimate of drug-likeness (QED) is 0.753. The van der Waals surface area contributed by atoms with Gasteiger partial charge in [0.2, 0.25) is 6.39 Å². The van der Waals surface area contributed by atoms with Crippen molar-refractivity contribution < 1.29 is 9.26 Å². The fourth-order valence-electron chi connectivity index (χ4n) is 1.79. The summed E-state index contributed by atoms with van der Waals surface area (Å²) in [6.07, 6.45) is 4.91. The van der Waals surface area contributed by atoms with E-state index in [4.69, 9.17) is 4.74 Å². The van der Waals surface area contributed by atoms with Crippen LogP contribution >= 0.6 is 0 Å². The topological polar surface area (TPSA) is 60.2 Å². The number of rotatable bonds is 6. The highest BCUT2D eigenvalue weighted by molar-refractivity contribution is 4.87. The van der Waals surface area contributed by atoms with Crippen LogP contribution in [0, 0.1) is 0 Å². The van der Waals surface area contributed by atoms with Gasteiger partial charge in [-0.1, -0.05) is 5.16 Å². The van der Waals surface area contributed by atoms with Gasteiger partial charge in [0.05, 0.1) is 6.10 Å². The van der Waals surface area contributed by atoms with Crippen molar-refractivity contribution in [3.8, 4) is 0 Å². The fourth-order valence-corrected chi connectivity index (χ4v) is 1.79. The van der Waals surface area contributed by atoms with Crippen molar-refractivity contribution in [1.82, 2.24) is 15.5 Å². The Morgan fingerprint density at radius 1 is 1.60 bits per heavy atom. The molecule has 0 bridgehead atoms. The Morgan fingerprint density at radius 2 is 2.47 bits per heavy atom. The van der Waals surface area contributed by atoms with Crippen LogP contribution in [0.4, 0.5) is 0 Å². The van der Waals surface area contributed by atoms with Crippen molar-refractivity contribution in [2.24, 2.45) is 0 Å². The Hall–Kier alpha value is -0.940. The molecular formula is C10H17N3O2. The van der Waals surface area contributed by atoms with Gasteiger partial charge in [0.25, 0.3) is 0 Å². The standard InChI is InChI=1S/C10H17N3O2/c1-2-14-9-5-8(6-9)11-4-3-10-12-7-15-13-10/h7-9,11H,2-6H2,1H3. The van der Waals surface area contributed by atoms with Crippen LogP contribution in [-0.2, 0) is 11.2 Å². The van der Waals surface area contributed by atoms with Gasteiger partial charge in [-0.2, -0.15) is 4.98 Å². The Bertz CT molecular complexity index is 270. The van der Waals surface area contributed by atoms with Gasteiger partial charge >= 0.3 is 0 Å². The minimum absolute atomic E-state index is 0.470. The molecule has 0 spiro atoms. The van der Waals surface area contributed by atoms with Gasteiger partial charge in [0, 0.05) is 25.6 Å². The van der Waals surface area contributed by atoms with Gasteiger partial charge in [-0.25, -0.2) is 0 Å². The largest absolute Gasteiger partial charge is 0.378 e. The Kier molecular flexibility index (Phi) is 3.69. The van der Waals surface area contributed by atoms with Gasteiger partial charge in [-0.05, 0) is 19.8 Å². The lowest BCUT2D eigenvalue weighted by Gasteiger charge is -2.35. The molecule has 84 valence electrons. The van der Waals surface area contributed by atoms with Crippen LogP contribution < -0.4 is 5.32 Å². The second-order valence-corrected chi connectivity index (χ2v) is 3.80. The second-order valence-electron chi connectivity index (χ2n) is 3.80. The number of hydrogen-bond donors (Lipinski definition) is 1. The highest BCUT2D eigenvalue weighted by atomic mass is 16.5. The summed E-state index contributed by atoms with van der Waals surface area (Å²) in [4.78, 5) is 3.96. The van der Waals surface area contributed by atoms with Crippen molar-refractivity contribution >= 4 is 0 Å². The molecule has 1 N–H and O–H groups in total. The van der Waals surface area contributed by atoms with E-state index in [-0.39, 0.29) is 0 Å². The third-order valence-corrected chi connectivity index (χ3v) is 2.69. The monoisotopic (exact) mass is 211 g/mol. The first-order valence-corrected chi connectivity index (χ1v) is 5.48. The first-order valence-electron chi connectivity index (χ1n) is 5.48. The summed E-state index contributed by atoms with van der Waals surface area (Å²) < 4.78 is 10.1. The highest BCUT2D eigenvalue weighted by Gasteiger charge is 2.28. The molecule has 0 atom stereocenters. The molecule has 0 saturated heterocycles. The molecule has 15 heavy (non-hydrogen) atoms. The highest BCUT2D eigenvalue weighted by Crippen LogP contribution is 2.22. The third-order valence-electron chi connectivity index (χ3n) is 2.69. The first-order chi connectivity index (χ1) is 7.38. The van der Waals surface area contributed by atoms with Crippen molar-refractivity contribution in [1.29, 1.82) is 0 Å². The molecule has 1 aliphatic carbocycles. The Labute approximate surface area is 89.2 Å². The summed E-state index contributed by atoms with van der Waals surface area (Å²) in [5.41, 5.74) is 0. The maximum absolute atomic E-state index is 5.48. The maximum Gasteiger partial charge on any atom is 0.213 e. The van der Waals surface area contributed by atoms with Crippen LogP contribution in [0.25, 0.3) is 0 Å². The van der Waals surface area contributed by atoms with E-state index in [1.165, 1.54) is 6.39 Å². The average Bonchev–Trinajstić information content (AvgIpc) is 2.66. The molecule has 1 heterocycles. The van der Waals surface area contributed by atoms with Gasteiger partial charge < -0.3 is 14.6 Å². The molecule has 0 radical (unpaired) electrons. The smallest absolute Gasteiger partial charge is 0.213 e. The predicted octanol–water partition coefficient (Wildman–Crippen LogP) is 0.769. The van der Waals surface area contributed by atoms with Crippen LogP contribution in [0.3, 0.4) is 0 Å². The van der Waals surface area contributed by atoms with E-state index in [0.29, 0.717) is 12.1 Å². The number of nitrogens with zero attached hydrogens (tertiary/aromatic N) is 2. The zero-order valence-electron chi connectivity index (χ0n) is 8.98. The number of aromatic nitrogens is 2. The first kappa shape index (κ1) is 10.6. The van der Waals surface area contributed by atoms with Crippen molar-refractivity contribution in [3.63, 3.8) is 0 Å². The van der Waals surface area contributed by atoms with Crippen LogP contribution in [-0.4, -0.2) is 35.4 Å². The van der Waals surface area contributed by atoms with E-state index in [1.807, 2.05) is 6.92 Å². The van der Waals surface area contributed by atoms with E-state index in [2.05, 4.69) is 20.0 Å². The molecule has 1 aromatic rings. The molecule has 0 aliphatic heterocycles. The van der Waals surface area contributed by atoms with Crippen molar-refractivity contribution in [2.45, 2.75) is 38.3 Å². The van der Waals surface area contributed by atoms with E-state index < -0.39 is 0 Å². The zero-order valence-corrected chi connectivity index (χ0v) is 8.98. The van der Waals surface area contributed by atoms with E-state index >= 15 is 0 Å². The lowest BCUT2D eigenvalue weighted by molar-refractivity contribution is -0.00963. The summed E-state index contributed by atoms with van der Waals surface area (Å²) in [5.74, 6) is 0.767. The molecule has 5 heteroatoms. The van der Waals surface area contributed by atoms with Crippen LogP contribution in [0.1, 0.15) is 25.6 Å². The maximum atomic E-state index is 5.48. The van der Waals surface area contributed by atoms with E-state index in [1.54, 1.807) is 0 Å². The second kappa shape index (κ2) is 5.23. The predicted molar refractivity (Wildman–Crippen MR) is 54.4 cm³/mol. The van der Waals surface area contributed by atoms with Gasteiger partial charge in [0.1, 0.15) is 0 Å². The lowest BCUT2D eigenvalue weighted by atomic mass is 9.89. The van der Waals surface area contributed by atoms with Crippen LogP contribution in [0.2, 0.25) is 0 Å². The van der Waals surface area contributed by atoms with E-state index in [9.17, 15) is 0 Å². The Balaban J connectivity index is 1.53. The normalized spacial score (nSPS) is 25.1. The zero-order chi connectivity index (χ0) is 10.5. The summed E-state index contributed by atoms with van der Waals surface area (Å²) in [5, 5.41) is 7.19. The molecule has 2 rings (SSSR count). The summed E-state index contributed by atoms with van der Waals surface area (Å²) in [6, 6.07) is 0.605. The summed E-state index contributed by atoms with van der Waals surface area (Å²) in [6.45, 7) is 3.76. The van der Waals surface area contributed by atoms with Crippen LogP contribution in [0.15, 0.2) is 10.9 Å². The molecule has 5 nitrogen and oxygen atoms in total. The summed E-state index contributed by atoms with van der Waals surface area (Å²) >= 11 is 0. The van der Waals surface area contributed by atoms with Crippen molar-refractivity contribution in [3.05, 3.63) is 12.2 Å². The Morgan fingerprint density at radius 3 is 3.13 bits per heavy atom. The van der Waals surface area contributed by atoms with Crippen LogP contribution in [0.5, 0.6) is 0 Å². The van der Waals surface area contributed by atoms with E-state index in [0.717, 1.165) is 38.2 Å². The van der Waals surface area contributed by atoms with Gasteiger partial charge in [-0.15, -0.1) is 0 Å². The molecular weight excluding hydrogens is 194 g/mol. The molecule has 1 aliphatic rings. The summed E-state index contributed by atoms with van der Waals surface area (Å²) in [7, 11) is 0. The number of ether oxygens (including phenoxy) is 1. The van der Waals surface area contributed by atoms with Gasteiger partial charge in [-0.3, -0.25) is 0 Å². The van der Waals surface area contributed by atoms with Crippen molar-refractivity contribution in [2.75, 3.05) is 13.2 Å². The number of nitrogens with one attached hydrogen (secondary N) is 1. The lowest BCUT2D eigenvalue weighted by Crippen LogP contribution is -2.46. The SMILES string of the molecule is CCOC1CC(NCCc2ncon2)C1. The minimum Gasteiger partial charge on any atom is -0.378 e. The molecule has 1 saturated carbocycles. The fraction of sp³-hybridized carbons (Fsp3) is 0.800. The molecule has 1 aromatic heterocycles.